The summed E-state index contributed by atoms with van der Waals surface area (Å²) in [4.78, 5) is 9.90. The van der Waals surface area contributed by atoms with Crippen molar-refractivity contribution in [2.24, 2.45) is 0 Å². The molecular weight excluding hydrogens is 251 g/mol. The van der Waals surface area contributed by atoms with Crippen LogP contribution in [-0.4, -0.2) is 4.92 Å². The van der Waals surface area contributed by atoms with Gasteiger partial charge in [0.05, 0.1) is 22.6 Å². The molecule has 0 spiro atoms. The first-order valence-corrected chi connectivity index (χ1v) is 5.22. The van der Waals surface area contributed by atoms with Gasteiger partial charge in [0.1, 0.15) is 23.4 Å². The van der Waals surface area contributed by atoms with Gasteiger partial charge in [-0.1, -0.05) is 12.1 Å². The maximum atomic E-state index is 13.2. The Morgan fingerprint density at radius 1 is 1.26 bits per heavy atom. The Morgan fingerprint density at radius 2 is 2.00 bits per heavy atom. The fraction of sp³-hybridized carbons (Fsp3) is 0. The van der Waals surface area contributed by atoms with Gasteiger partial charge in [-0.25, -0.2) is 4.39 Å². The molecule has 19 heavy (non-hydrogen) atoms. The molecule has 0 atom stereocenters. The van der Waals surface area contributed by atoms with E-state index in [9.17, 15) is 14.5 Å². The van der Waals surface area contributed by atoms with Gasteiger partial charge in [-0.2, -0.15) is 5.26 Å². The van der Waals surface area contributed by atoms with Gasteiger partial charge < -0.3 is 4.74 Å². The zero-order chi connectivity index (χ0) is 13.8. The number of para-hydroxylation sites is 1. The van der Waals surface area contributed by atoms with E-state index in [2.05, 4.69) is 0 Å². The first kappa shape index (κ1) is 12.5. The second-order valence-corrected chi connectivity index (χ2v) is 3.61. The number of rotatable bonds is 3. The van der Waals surface area contributed by atoms with Crippen molar-refractivity contribution in [3.63, 3.8) is 0 Å². The first-order chi connectivity index (χ1) is 9.10. The average Bonchev–Trinajstić information content (AvgIpc) is 2.38. The van der Waals surface area contributed by atoms with E-state index in [4.69, 9.17) is 10.00 Å². The van der Waals surface area contributed by atoms with Crippen molar-refractivity contribution in [2.45, 2.75) is 0 Å². The lowest BCUT2D eigenvalue weighted by Crippen LogP contribution is -1.93. The molecule has 6 heteroatoms. The molecule has 0 radical (unpaired) electrons. The predicted octanol–water partition coefficient (Wildman–Crippen LogP) is 3.40. The summed E-state index contributed by atoms with van der Waals surface area (Å²) in [6.07, 6.45) is 0. The van der Waals surface area contributed by atoms with Gasteiger partial charge in [0.25, 0.3) is 5.69 Å². The van der Waals surface area contributed by atoms with Crippen molar-refractivity contribution in [1.29, 1.82) is 5.26 Å². The number of benzene rings is 2. The van der Waals surface area contributed by atoms with E-state index in [1.807, 2.05) is 6.07 Å². The van der Waals surface area contributed by atoms with Crippen LogP contribution in [0.4, 0.5) is 10.1 Å². The number of non-ortho nitro benzene ring substituents is 1. The van der Waals surface area contributed by atoms with Crippen LogP contribution in [0.2, 0.25) is 0 Å². The maximum absolute atomic E-state index is 13.2. The zero-order valence-electron chi connectivity index (χ0n) is 9.54. The number of nitriles is 1. The molecular formula is C13H7FN2O3. The number of nitrogens with zero attached hydrogens (tertiary/aromatic N) is 2. The molecule has 0 unspecified atom stereocenters. The minimum atomic E-state index is -0.779. The molecule has 2 rings (SSSR count). The number of hydrogen-bond acceptors (Lipinski definition) is 4. The normalized spacial score (nSPS) is 9.68. The molecule has 0 heterocycles. The summed E-state index contributed by atoms with van der Waals surface area (Å²) in [7, 11) is 0. The van der Waals surface area contributed by atoms with Gasteiger partial charge in [0.2, 0.25) is 0 Å². The van der Waals surface area contributed by atoms with Crippen LogP contribution in [-0.2, 0) is 0 Å². The van der Waals surface area contributed by atoms with Crippen molar-refractivity contribution >= 4 is 5.69 Å². The summed E-state index contributed by atoms with van der Waals surface area (Å²) in [5.74, 6) is -0.599. The largest absolute Gasteiger partial charge is 0.456 e. The Bertz CT molecular complexity index is 680. The monoisotopic (exact) mass is 258 g/mol. The summed E-state index contributed by atoms with van der Waals surface area (Å²) in [6, 6.07) is 11.2. The van der Waals surface area contributed by atoms with Gasteiger partial charge >= 0.3 is 0 Å². The van der Waals surface area contributed by atoms with E-state index in [1.54, 1.807) is 12.1 Å². The Balaban J connectivity index is 2.39. The van der Waals surface area contributed by atoms with E-state index in [0.29, 0.717) is 0 Å². The molecule has 0 aliphatic rings. The Kier molecular flexibility index (Phi) is 3.39. The number of nitro groups is 1. The quantitative estimate of drug-likeness (QED) is 0.624. The van der Waals surface area contributed by atoms with Crippen molar-refractivity contribution in [3.05, 3.63) is 64.0 Å². The Morgan fingerprint density at radius 3 is 2.68 bits per heavy atom. The topological polar surface area (TPSA) is 76.2 Å². The molecule has 0 aromatic heterocycles. The third kappa shape index (κ3) is 2.84. The Hall–Kier alpha value is -2.94. The lowest BCUT2D eigenvalue weighted by atomic mass is 10.2. The van der Waals surface area contributed by atoms with Crippen LogP contribution in [0.25, 0.3) is 0 Å². The highest BCUT2D eigenvalue weighted by molar-refractivity contribution is 5.47. The van der Waals surface area contributed by atoms with Crippen LogP contribution in [0.1, 0.15) is 5.56 Å². The van der Waals surface area contributed by atoms with E-state index in [-0.39, 0.29) is 17.1 Å². The second-order valence-electron chi connectivity index (χ2n) is 3.61. The number of ether oxygens (including phenoxy) is 1. The molecule has 0 aliphatic heterocycles. The fourth-order valence-corrected chi connectivity index (χ4v) is 1.49. The molecule has 0 bridgehead atoms. The van der Waals surface area contributed by atoms with Gasteiger partial charge in [-0.05, 0) is 12.1 Å². The Labute approximate surface area is 107 Å². The van der Waals surface area contributed by atoms with Crippen LogP contribution in [0.5, 0.6) is 11.5 Å². The third-order valence-corrected chi connectivity index (χ3v) is 2.30. The van der Waals surface area contributed by atoms with Crippen LogP contribution < -0.4 is 4.74 Å². The molecule has 2 aromatic carbocycles. The highest BCUT2D eigenvalue weighted by Crippen LogP contribution is 2.28. The fourth-order valence-electron chi connectivity index (χ4n) is 1.49. The molecule has 0 fully saturated rings. The van der Waals surface area contributed by atoms with Gasteiger partial charge in [0, 0.05) is 6.07 Å². The first-order valence-electron chi connectivity index (χ1n) is 5.22. The van der Waals surface area contributed by atoms with E-state index < -0.39 is 16.4 Å². The predicted molar refractivity (Wildman–Crippen MR) is 64.3 cm³/mol. The number of hydrogen-bond donors (Lipinski definition) is 0. The SMILES string of the molecule is N#Cc1ccccc1Oc1cc(F)cc([N+](=O)[O-])c1. The van der Waals surface area contributed by atoms with Crippen LogP contribution in [0.15, 0.2) is 42.5 Å². The van der Waals surface area contributed by atoms with E-state index in [1.165, 1.54) is 12.1 Å². The van der Waals surface area contributed by atoms with E-state index >= 15 is 0 Å². The summed E-state index contributed by atoms with van der Waals surface area (Å²) in [5, 5.41) is 19.5. The minimum absolute atomic E-state index is 0.0330. The number of halogens is 1. The standard InChI is InChI=1S/C13H7FN2O3/c14-10-5-11(16(17)18)7-12(6-10)19-13-4-2-1-3-9(13)8-15/h1-7H. The summed E-state index contributed by atoms with van der Waals surface area (Å²) >= 11 is 0. The highest BCUT2D eigenvalue weighted by atomic mass is 19.1. The van der Waals surface area contributed by atoms with Gasteiger partial charge in [0.15, 0.2) is 0 Å². The molecule has 5 nitrogen and oxygen atoms in total. The van der Waals surface area contributed by atoms with Crippen molar-refractivity contribution in [1.82, 2.24) is 0 Å². The molecule has 94 valence electrons. The highest BCUT2D eigenvalue weighted by Gasteiger charge is 2.12. The van der Waals surface area contributed by atoms with E-state index in [0.717, 1.165) is 18.2 Å². The number of nitro benzene ring substituents is 1. The van der Waals surface area contributed by atoms with Gasteiger partial charge in [-0.15, -0.1) is 0 Å². The molecule has 2 aromatic rings. The summed E-state index contributed by atoms with van der Waals surface area (Å²) in [5.41, 5.74) is -0.154. The molecule has 0 saturated heterocycles. The second kappa shape index (κ2) is 5.14. The smallest absolute Gasteiger partial charge is 0.276 e. The molecule has 0 saturated carbocycles. The van der Waals surface area contributed by atoms with Gasteiger partial charge in [-0.3, -0.25) is 10.1 Å². The zero-order valence-corrected chi connectivity index (χ0v) is 9.54. The van der Waals surface area contributed by atoms with Crippen LogP contribution in [0.3, 0.4) is 0 Å². The molecule has 0 amide bonds. The summed E-state index contributed by atoms with van der Waals surface area (Å²) < 4.78 is 18.5. The average molecular weight is 258 g/mol. The molecule has 0 N–H and O–H groups in total. The van der Waals surface area contributed by atoms with Crippen LogP contribution in [0, 0.1) is 27.3 Å². The lowest BCUT2D eigenvalue weighted by Gasteiger charge is -2.07. The maximum Gasteiger partial charge on any atom is 0.276 e. The van der Waals surface area contributed by atoms with Crippen molar-refractivity contribution < 1.29 is 14.1 Å². The minimum Gasteiger partial charge on any atom is -0.456 e. The van der Waals surface area contributed by atoms with Crippen LogP contribution >= 0.6 is 0 Å². The van der Waals surface area contributed by atoms with Crippen molar-refractivity contribution in [3.8, 4) is 17.6 Å². The third-order valence-electron chi connectivity index (χ3n) is 2.30. The summed E-state index contributed by atoms with van der Waals surface area (Å²) in [6.45, 7) is 0. The van der Waals surface area contributed by atoms with Crippen molar-refractivity contribution in [2.75, 3.05) is 0 Å². The molecule has 0 aliphatic carbocycles. The lowest BCUT2D eigenvalue weighted by molar-refractivity contribution is -0.385.